The molecule has 0 spiro atoms. The molecule has 1 fully saturated rings. The molecule has 0 bridgehead atoms. The summed E-state index contributed by atoms with van der Waals surface area (Å²) < 4.78 is 25.5. The van der Waals surface area contributed by atoms with Gasteiger partial charge in [0.25, 0.3) is 5.91 Å². The van der Waals surface area contributed by atoms with Crippen LogP contribution in [0.5, 0.6) is 0 Å². The van der Waals surface area contributed by atoms with Gasteiger partial charge in [0.05, 0.1) is 45.9 Å². The second-order valence-electron chi connectivity index (χ2n) is 8.84. The number of imidazole rings is 1. The Labute approximate surface area is 182 Å². The van der Waals surface area contributed by atoms with Crippen LogP contribution in [0.4, 0.5) is 0 Å². The Kier molecular flexibility index (Phi) is 5.63. The number of benzene rings is 1. The van der Waals surface area contributed by atoms with Gasteiger partial charge in [-0.15, -0.1) is 0 Å². The fourth-order valence-electron chi connectivity index (χ4n) is 4.39. The second-order valence-corrected chi connectivity index (χ2v) is 11.1. The third-order valence-electron chi connectivity index (χ3n) is 5.86. The molecule has 0 saturated carbocycles. The third kappa shape index (κ3) is 4.37. The van der Waals surface area contributed by atoms with Gasteiger partial charge in [-0.2, -0.15) is 5.10 Å². The van der Waals surface area contributed by atoms with Crippen molar-refractivity contribution in [2.75, 3.05) is 11.5 Å². The molecule has 9 heteroatoms. The quantitative estimate of drug-likeness (QED) is 0.608. The first-order chi connectivity index (χ1) is 14.6. The molecule has 3 aromatic rings. The lowest BCUT2D eigenvalue weighted by Gasteiger charge is -2.19. The molecule has 2 aromatic heterocycles. The Morgan fingerprint density at radius 3 is 2.68 bits per heavy atom. The zero-order valence-electron chi connectivity index (χ0n) is 18.3. The number of aromatic amines is 1. The number of carbonyl (C=O) groups is 1. The van der Waals surface area contributed by atoms with Crippen molar-refractivity contribution in [1.29, 1.82) is 0 Å². The average Bonchev–Trinajstić information content (AvgIpc) is 3.35. The van der Waals surface area contributed by atoms with Crippen molar-refractivity contribution in [3.8, 4) is 0 Å². The summed E-state index contributed by atoms with van der Waals surface area (Å²) in [6.45, 7) is 7.84. The smallest absolute Gasteiger partial charge is 0.255 e. The van der Waals surface area contributed by atoms with E-state index in [0.29, 0.717) is 29.3 Å². The molecule has 1 saturated heterocycles. The van der Waals surface area contributed by atoms with Gasteiger partial charge in [-0.25, -0.2) is 13.4 Å². The highest BCUT2D eigenvalue weighted by atomic mass is 32.2. The van der Waals surface area contributed by atoms with Crippen LogP contribution in [0.3, 0.4) is 0 Å². The summed E-state index contributed by atoms with van der Waals surface area (Å²) in [5.74, 6) is 1.11. The van der Waals surface area contributed by atoms with Crippen LogP contribution >= 0.6 is 0 Å². The number of nitrogens with one attached hydrogen (secondary N) is 2. The van der Waals surface area contributed by atoms with Crippen LogP contribution in [-0.2, 0) is 9.84 Å². The molecule has 2 N–H and O–H groups in total. The number of fused-ring (bicyclic) bond motifs is 1. The van der Waals surface area contributed by atoms with E-state index in [9.17, 15) is 13.2 Å². The van der Waals surface area contributed by atoms with Gasteiger partial charge in [0.2, 0.25) is 0 Å². The summed E-state index contributed by atoms with van der Waals surface area (Å²) in [6, 6.07) is 7.31. The first kappa shape index (κ1) is 21.5. The van der Waals surface area contributed by atoms with Gasteiger partial charge in [0.15, 0.2) is 9.84 Å². The third-order valence-corrected chi connectivity index (χ3v) is 7.61. The number of hydrogen-bond acceptors (Lipinski definition) is 5. The highest BCUT2D eigenvalue weighted by molar-refractivity contribution is 7.91. The molecule has 8 nitrogen and oxygen atoms in total. The van der Waals surface area contributed by atoms with Gasteiger partial charge >= 0.3 is 0 Å². The number of nitrogens with zero attached hydrogens (tertiary/aromatic N) is 3. The SMILES string of the molecule is Cc1nn(C2CCS(=O)(=O)C2)c(C)c1C(=O)NC(CC(C)C)c1nc2ccccc2[nH]1. The maximum Gasteiger partial charge on any atom is 0.255 e. The molecule has 0 radical (unpaired) electrons. The summed E-state index contributed by atoms with van der Waals surface area (Å²) in [5, 5.41) is 7.66. The number of hydrogen-bond donors (Lipinski definition) is 2. The predicted molar refractivity (Wildman–Crippen MR) is 120 cm³/mol. The molecule has 2 atom stereocenters. The number of aromatic nitrogens is 4. The fraction of sp³-hybridized carbons (Fsp3) is 0.500. The zero-order valence-corrected chi connectivity index (χ0v) is 19.2. The van der Waals surface area contributed by atoms with Gasteiger partial charge < -0.3 is 10.3 Å². The van der Waals surface area contributed by atoms with Crippen LogP contribution in [0, 0.1) is 19.8 Å². The van der Waals surface area contributed by atoms with E-state index >= 15 is 0 Å². The monoisotopic (exact) mass is 443 g/mol. The van der Waals surface area contributed by atoms with E-state index in [1.165, 1.54) is 0 Å². The van der Waals surface area contributed by atoms with E-state index in [2.05, 4.69) is 34.2 Å². The summed E-state index contributed by atoms with van der Waals surface area (Å²) in [6.07, 6.45) is 1.26. The minimum absolute atomic E-state index is 0.0744. The lowest BCUT2D eigenvalue weighted by molar-refractivity contribution is 0.0928. The van der Waals surface area contributed by atoms with Crippen molar-refractivity contribution >= 4 is 26.8 Å². The van der Waals surface area contributed by atoms with Crippen molar-refractivity contribution < 1.29 is 13.2 Å². The first-order valence-electron chi connectivity index (χ1n) is 10.7. The molecule has 166 valence electrons. The van der Waals surface area contributed by atoms with E-state index in [4.69, 9.17) is 0 Å². The predicted octanol–water partition coefficient (Wildman–Crippen LogP) is 3.25. The molecule has 3 heterocycles. The molecule has 0 aliphatic carbocycles. The van der Waals surface area contributed by atoms with Gasteiger partial charge in [0.1, 0.15) is 5.82 Å². The van der Waals surface area contributed by atoms with Gasteiger partial charge in [0, 0.05) is 5.69 Å². The first-order valence-corrected chi connectivity index (χ1v) is 12.5. The van der Waals surface area contributed by atoms with E-state index in [0.717, 1.165) is 23.3 Å². The Morgan fingerprint density at radius 1 is 1.29 bits per heavy atom. The summed E-state index contributed by atoms with van der Waals surface area (Å²) in [4.78, 5) is 21.3. The van der Waals surface area contributed by atoms with E-state index in [1.807, 2.05) is 31.2 Å². The molecule has 1 aliphatic rings. The second kappa shape index (κ2) is 8.11. The van der Waals surface area contributed by atoms with E-state index < -0.39 is 9.84 Å². The fourth-order valence-corrected chi connectivity index (χ4v) is 6.09. The number of para-hydroxylation sites is 2. The molecule has 2 unspecified atom stereocenters. The van der Waals surface area contributed by atoms with Crippen molar-refractivity contribution in [2.45, 2.75) is 52.6 Å². The standard InChI is InChI=1S/C22H29N5O3S/c1-13(2)11-19(21-23-17-7-5-6-8-18(17)24-21)25-22(28)20-14(3)26-27(15(20)4)16-9-10-31(29,30)12-16/h5-8,13,16,19H,9-12H2,1-4H3,(H,23,24)(H,25,28). The Bertz CT molecular complexity index is 1190. The van der Waals surface area contributed by atoms with Gasteiger partial charge in [-0.1, -0.05) is 26.0 Å². The maximum atomic E-state index is 13.3. The van der Waals surface area contributed by atoms with Crippen LogP contribution in [-0.4, -0.2) is 45.6 Å². The number of amides is 1. The van der Waals surface area contributed by atoms with E-state index in [-0.39, 0.29) is 29.5 Å². The van der Waals surface area contributed by atoms with Crippen LogP contribution in [0.2, 0.25) is 0 Å². The van der Waals surface area contributed by atoms with E-state index in [1.54, 1.807) is 11.6 Å². The highest BCUT2D eigenvalue weighted by Gasteiger charge is 2.33. The lowest BCUT2D eigenvalue weighted by Crippen LogP contribution is -2.31. The summed E-state index contributed by atoms with van der Waals surface area (Å²) in [5.41, 5.74) is 3.61. The van der Waals surface area contributed by atoms with Crippen LogP contribution < -0.4 is 5.32 Å². The summed E-state index contributed by atoms with van der Waals surface area (Å²) in [7, 11) is -3.04. The van der Waals surface area contributed by atoms with Gasteiger partial charge in [-0.3, -0.25) is 9.48 Å². The molecule has 31 heavy (non-hydrogen) atoms. The molecule has 1 amide bonds. The molecule has 4 rings (SSSR count). The largest absolute Gasteiger partial charge is 0.342 e. The number of carbonyl (C=O) groups excluding carboxylic acids is 1. The minimum Gasteiger partial charge on any atom is -0.342 e. The average molecular weight is 444 g/mol. The number of sulfone groups is 1. The van der Waals surface area contributed by atoms with Crippen molar-refractivity contribution in [3.05, 3.63) is 47.0 Å². The van der Waals surface area contributed by atoms with Crippen molar-refractivity contribution in [2.24, 2.45) is 5.92 Å². The highest BCUT2D eigenvalue weighted by Crippen LogP contribution is 2.28. The topological polar surface area (TPSA) is 110 Å². The Morgan fingerprint density at radius 2 is 2.03 bits per heavy atom. The number of rotatable bonds is 6. The molecular weight excluding hydrogens is 414 g/mol. The molecule has 1 aromatic carbocycles. The zero-order chi connectivity index (χ0) is 22.3. The minimum atomic E-state index is -3.04. The van der Waals surface area contributed by atoms with Crippen molar-refractivity contribution in [3.63, 3.8) is 0 Å². The maximum absolute atomic E-state index is 13.3. The molecule has 1 aliphatic heterocycles. The van der Waals surface area contributed by atoms with Crippen LogP contribution in [0.25, 0.3) is 11.0 Å². The van der Waals surface area contributed by atoms with Crippen LogP contribution in [0.15, 0.2) is 24.3 Å². The summed E-state index contributed by atoms with van der Waals surface area (Å²) >= 11 is 0. The Balaban J connectivity index is 1.62. The Hall–Kier alpha value is -2.68. The van der Waals surface area contributed by atoms with Crippen LogP contribution in [0.1, 0.15) is 66.3 Å². The number of H-pyrrole nitrogens is 1. The number of aryl methyl sites for hydroxylation is 1. The lowest BCUT2D eigenvalue weighted by atomic mass is 10.0. The normalized spacial score (nSPS) is 19.2. The van der Waals surface area contributed by atoms with Crippen molar-refractivity contribution in [1.82, 2.24) is 25.1 Å². The van der Waals surface area contributed by atoms with Gasteiger partial charge in [-0.05, 0) is 44.7 Å². The molecular formula is C22H29N5O3S.